The molecule has 1 aliphatic rings. The SMILES string of the molecule is Cc1ccc(NC(=O)c2ccc(C3SCCCS3)cc2)cc1F. The zero-order valence-corrected chi connectivity index (χ0v) is 14.5. The lowest BCUT2D eigenvalue weighted by atomic mass is 10.1. The molecule has 0 spiro atoms. The first-order valence-corrected chi connectivity index (χ1v) is 9.64. The van der Waals surface area contributed by atoms with Crippen molar-refractivity contribution in [3.63, 3.8) is 0 Å². The van der Waals surface area contributed by atoms with Crippen molar-refractivity contribution in [2.75, 3.05) is 16.8 Å². The van der Waals surface area contributed by atoms with E-state index in [0.29, 0.717) is 21.4 Å². The maximum absolute atomic E-state index is 13.5. The molecule has 0 aliphatic carbocycles. The molecule has 0 saturated carbocycles. The third-order valence-electron chi connectivity index (χ3n) is 3.70. The Labute approximate surface area is 144 Å². The van der Waals surface area contributed by atoms with E-state index in [-0.39, 0.29) is 11.7 Å². The molecule has 2 aromatic rings. The van der Waals surface area contributed by atoms with Crippen molar-refractivity contribution in [1.82, 2.24) is 0 Å². The molecule has 1 amide bonds. The summed E-state index contributed by atoms with van der Waals surface area (Å²) in [4.78, 5) is 12.3. The molecule has 0 radical (unpaired) electrons. The molecule has 0 atom stereocenters. The van der Waals surface area contributed by atoms with Gasteiger partial charge in [0.2, 0.25) is 0 Å². The van der Waals surface area contributed by atoms with Crippen molar-refractivity contribution in [3.05, 3.63) is 65.0 Å². The molecule has 23 heavy (non-hydrogen) atoms. The first-order chi connectivity index (χ1) is 11.1. The highest BCUT2D eigenvalue weighted by Crippen LogP contribution is 2.43. The summed E-state index contributed by atoms with van der Waals surface area (Å²) >= 11 is 3.91. The van der Waals surface area contributed by atoms with E-state index in [0.717, 1.165) is 0 Å². The van der Waals surface area contributed by atoms with Crippen LogP contribution in [0.2, 0.25) is 0 Å². The Hall–Kier alpha value is -1.46. The molecule has 1 N–H and O–H groups in total. The van der Waals surface area contributed by atoms with Crippen LogP contribution in [-0.4, -0.2) is 17.4 Å². The number of rotatable bonds is 3. The monoisotopic (exact) mass is 347 g/mol. The number of anilines is 1. The van der Waals surface area contributed by atoms with Gasteiger partial charge >= 0.3 is 0 Å². The second-order valence-corrected chi connectivity index (χ2v) is 8.19. The average Bonchev–Trinajstić information content (AvgIpc) is 2.59. The molecule has 5 heteroatoms. The standard InChI is InChI=1S/C18H18FNOS2/c1-12-3-8-15(11-16(12)19)20-17(21)13-4-6-14(7-5-13)18-22-9-2-10-23-18/h3-8,11,18H,2,9-10H2,1H3,(H,20,21). The summed E-state index contributed by atoms with van der Waals surface area (Å²) in [6.07, 6.45) is 1.26. The zero-order valence-electron chi connectivity index (χ0n) is 12.8. The van der Waals surface area contributed by atoms with Gasteiger partial charge in [-0.15, -0.1) is 23.5 Å². The fourth-order valence-electron chi connectivity index (χ4n) is 2.35. The van der Waals surface area contributed by atoms with Gasteiger partial charge in [0, 0.05) is 11.3 Å². The Morgan fingerprint density at radius 1 is 1.13 bits per heavy atom. The second-order valence-electron chi connectivity index (χ2n) is 5.47. The highest BCUT2D eigenvalue weighted by molar-refractivity contribution is 8.16. The van der Waals surface area contributed by atoms with Gasteiger partial charge in [-0.1, -0.05) is 18.2 Å². The number of nitrogens with one attached hydrogen (secondary N) is 1. The fraction of sp³-hybridized carbons (Fsp3) is 0.278. The van der Waals surface area contributed by atoms with Crippen LogP contribution in [0.25, 0.3) is 0 Å². The molecule has 1 fully saturated rings. The van der Waals surface area contributed by atoms with Crippen LogP contribution in [0.5, 0.6) is 0 Å². The third kappa shape index (κ3) is 4.09. The maximum Gasteiger partial charge on any atom is 0.255 e. The molecule has 0 bridgehead atoms. The third-order valence-corrected chi connectivity index (χ3v) is 6.72. The van der Waals surface area contributed by atoms with E-state index in [4.69, 9.17) is 0 Å². The van der Waals surface area contributed by atoms with Crippen LogP contribution in [0.1, 0.15) is 32.5 Å². The predicted octanol–water partition coefficient (Wildman–Crippen LogP) is 5.26. The summed E-state index contributed by atoms with van der Waals surface area (Å²) < 4.78 is 14.0. The highest BCUT2D eigenvalue weighted by atomic mass is 32.2. The van der Waals surface area contributed by atoms with Crippen LogP contribution in [0, 0.1) is 12.7 Å². The number of thioether (sulfide) groups is 2. The number of halogens is 1. The van der Waals surface area contributed by atoms with Gasteiger partial charge in [-0.05, 0) is 60.2 Å². The zero-order chi connectivity index (χ0) is 16.2. The van der Waals surface area contributed by atoms with Gasteiger partial charge in [0.25, 0.3) is 5.91 Å². The smallest absolute Gasteiger partial charge is 0.255 e. The van der Waals surface area contributed by atoms with Crippen molar-refractivity contribution in [1.29, 1.82) is 0 Å². The molecule has 1 heterocycles. The minimum atomic E-state index is -0.315. The molecule has 2 aromatic carbocycles. The lowest BCUT2D eigenvalue weighted by Crippen LogP contribution is -2.12. The molecule has 1 saturated heterocycles. The van der Waals surface area contributed by atoms with Crippen LogP contribution >= 0.6 is 23.5 Å². The quantitative estimate of drug-likeness (QED) is 0.821. The first-order valence-electron chi connectivity index (χ1n) is 7.54. The number of carbonyl (C=O) groups excluding carboxylic acids is 1. The van der Waals surface area contributed by atoms with Gasteiger partial charge in [0.05, 0.1) is 4.58 Å². The molecular weight excluding hydrogens is 329 g/mol. The summed E-state index contributed by atoms with van der Waals surface area (Å²) in [6, 6.07) is 12.4. The van der Waals surface area contributed by atoms with Crippen molar-refractivity contribution >= 4 is 35.1 Å². The predicted molar refractivity (Wildman–Crippen MR) is 97.8 cm³/mol. The average molecular weight is 347 g/mol. The summed E-state index contributed by atoms with van der Waals surface area (Å²) in [7, 11) is 0. The summed E-state index contributed by atoms with van der Waals surface area (Å²) in [5.74, 6) is 1.85. The van der Waals surface area contributed by atoms with E-state index in [2.05, 4.69) is 5.32 Å². The van der Waals surface area contributed by atoms with Crippen molar-refractivity contribution in [3.8, 4) is 0 Å². The highest BCUT2D eigenvalue weighted by Gasteiger charge is 2.17. The minimum Gasteiger partial charge on any atom is -0.322 e. The Bertz CT molecular complexity index is 697. The lowest BCUT2D eigenvalue weighted by Gasteiger charge is -2.21. The van der Waals surface area contributed by atoms with E-state index in [1.807, 2.05) is 47.8 Å². The molecule has 1 aliphatic heterocycles. The number of amides is 1. The van der Waals surface area contributed by atoms with Crippen LogP contribution in [-0.2, 0) is 0 Å². The Kier molecular flexibility index (Phi) is 5.28. The van der Waals surface area contributed by atoms with Crippen LogP contribution in [0.15, 0.2) is 42.5 Å². The molecule has 3 rings (SSSR count). The van der Waals surface area contributed by atoms with Crippen LogP contribution in [0.4, 0.5) is 10.1 Å². The van der Waals surface area contributed by atoms with E-state index in [1.165, 1.54) is 29.6 Å². The number of hydrogen-bond donors (Lipinski definition) is 1. The molecule has 0 aromatic heterocycles. The Balaban J connectivity index is 1.68. The summed E-state index contributed by atoms with van der Waals surface area (Å²) in [5, 5.41) is 2.74. The largest absolute Gasteiger partial charge is 0.322 e. The van der Waals surface area contributed by atoms with Gasteiger partial charge in [0.1, 0.15) is 5.82 Å². The second kappa shape index (κ2) is 7.41. The van der Waals surface area contributed by atoms with Crippen LogP contribution < -0.4 is 5.32 Å². The Morgan fingerprint density at radius 3 is 2.48 bits per heavy atom. The van der Waals surface area contributed by atoms with Gasteiger partial charge in [0.15, 0.2) is 0 Å². The number of carbonyl (C=O) groups is 1. The van der Waals surface area contributed by atoms with Gasteiger partial charge in [-0.25, -0.2) is 4.39 Å². The van der Waals surface area contributed by atoms with Crippen LogP contribution in [0.3, 0.4) is 0 Å². The fourth-order valence-corrected chi connectivity index (χ4v) is 5.24. The van der Waals surface area contributed by atoms with E-state index in [1.54, 1.807) is 19.1 Å². The Morgan fingerprint density at radius 2 is 1.83 bits per heavy atom. The summed E-state index contributed by atoms with van der Waals surface area (Å²) in [5.41, 5.74) is 2.87. The number of benzene rings is 2. The lowest BCUT2D eigenvalue weighted by molar-refractivity contribution is 0.102. The van der Waals surface area contributed by atoms with Crippen molar-refractivity contribution < 1.29 is 9.18 Å². The number of aryl methyl sites for hydroxylation is 1. The van der Waals surface area contributed by atoms with Crippen molar-refractivity contribution in [2.24, 2.45) is 0 Å². The van der Waals surface area contributed by atoms with Crippen molar-refractivity contribution in [2.45, 2.75) is 17.9 Å². The van der Waals surface area contributed by atoms with E-state index in [9.17, 15) is 9.18 Å². The molecular formula is C18H18FNOS2. The van der Waals surface area contributed by atoms with E-state index >= 15 is 0 Å². The van der Waals surface area contributed by atoms with Gasteiger partial charge < -0.3 is 5.32 Å². The number of hydrogen-bond acceptors (Lipinski definition) is 3. The maximum atomic E-state index is 13.5. The molecule has 120 valence electrons. The molecule has 2 nitrogen and oxygen atoms in total. The minimum absolute atomic E-state index is 0.219. The normalized spacial score (nSPS) is 15.4. The molecule has 0 unspecified atom stereocenters. The van der Waals surface area contributed by atoms with Gasteiger partial charge in [-0.2, -0.15) is 0 Å². The first kappa shape index (κ1) is 16.4. The van der Waals surface area contributed by atoms with Gasteiger partial charge in [-0.3, -0.25) is 4.79 Å². The summed E-state index contributed by atoms with van der Waals surface area (Å²) in [6.45, 7) is 1.70. The topological polar surface area (TPSA) is 29.1 Å². The van der Waals surface area contributed by atoms with E-state index < -0.39 is 0 Å².